The van der Waals surface area contributed by atoms with Gasteiger partial charge in [0.1, 0.15) is 0 Å². The zero-order chi connectivity index (χ0) is 12.1. The summed E-state index contributed by atoms with van der Waals surface area (Å²) in [6.07, 6.45) is 3.80. The van der Waals surface area contributed by atoms with Crippen molar-refractivity contribution in [1.82, 2.24) is 5.32 Å². The maximum Gasteiger partial charge on any atom is 0.0832 e. The first-order valence-electron chi connectivity index (χ1n) is 6.32. The van der Waals surface area contributed by atoms with Gasteiger partial charge < -0.3 is 10.1 Å². The van der Waals surface area contributed by atoms with Gasteiger partial charge in [0, 0.05) is 6.54 Å². The van der Waals surface area contributed by atoms with Crippen molar-refractivity contribution in [3.8, 4) is 0 Å². The van der Waals surface area contributed by atoms with Crippen LogP contribution in [0.2, 0.25) is 0 Å². The molecule has 0 saturated carbocycles. The number of hydrogen-bond donors (Lipinski definition) is 1. The molecule has 17 heavy (non-hydrogen) atoms. The lowest BCUT2D eigenvalue weighted by atomic mass is 9.89. The molecule has 1 unspecified atom stereocenters. The van der Waals surface area contributed by atoms with Crippen molar-refractivity contribution < 1.29 is 4.74 Å². The Morgan fingerprint density at radius 2 is 2.29 bits per heavy atom. The van der Waals surface area contributed by atoms with Crippen LogP contribution in [0, 0.1) is 0 Å². The monoisotopic (exact) mass is 231 g/mol. The van der Waals surface area contributed by atoms with Gasteiger partial charge in [-0.1, -0.05) is 30.8 Å². The first-order chi connectivity index (χ1) is 8.31. The Hall–Kier alpha value is -1.12. The summed E-state index contributed by atoms with van der Waals surface area (Å²) in [5, 5.41) is 3.09. The van der Waals surface area contributed by atoms with Crippen molar-refractivity contribution >= 4 is 0 Å². The van der Waals surface area contributed by atoms with Crippen LogP contribution in [0.4, 0.5) is 0 Å². The van der Waals surface area contributed by atoms with Crippen LogP contribution in [0.25, 0.3) is 0 Å². The minimum Gasteiger partial charge on any atom is -0.369 e. The van der Waals surface area contributed by atoms with Crippen LogP contribution in [0.3, 0.4) is 0 Å². The highest BCUT2D eigenvalue weighted by atomic mass is 16.5. The van der Waals surface area contributed by atoms with E-state index < -0.39 is 0 Å². The summed E-state index contributed by atoms with van der Waals surface area (Å²) in [4.78, 5) is 0. The number of hydrogen-bond acceptors (Lipinski definition) is 2. The second-order valence-electron chi connectivity index (χ2n) is 4.67. The van der Waals surface area contributed by atoms with Gasteiger partial charge in [0.15, 0.2) is 0 Å². The summed E-state index contributed by atoms with van der Waals surface area (Å²) < 4.78 is 5.98. The lowest BCUT2D eigenvalue weighted by Crippen LogP contribution is -2.17. The quantitative estimate of drug-likeness (QED) is 0.787. The number of aryl methyl sites for hydroxylation is 1. The third kappa shape index (κ3) is 3.18. The van der Waals surface area contributed by atoms with Gasteiger partial charge in [-0.05, 0) is 43.0 Å². The molecule has 0 heterocycles. The highest BCUT2D eigenvalue weighted by molar-refractivity contribution is 5.31. The summed E-state index contributed by atoms with van der Waals surface area (Å²) in [5.41, 5.74) is 3.93. The summed E-state index contributed by atoms with van der Waals surface area (Å²) in [7, 11) is 1.93. The molecule has 0 aliphatic heterocycles. The predicted octanol–water partition coefficient (Wildman–Crippen LogP) is 2.86. The smallest absolute Gasteiger partial charge is 0.0832 e. The highest BCUT2D eigenvalue weighted by Crippen LogP contribution is 2.32. The Bertz CT molecular complexity index is 386. The van der Waals surface area contributed by atoms with E-state index in [2.05, 4.69) is 36.2 Å². The topological polar surface area (TPSA) is 21.3 Å². The van der Waals surface area contributed by atoms with E-state index in [0.29, 0.717) is 6.61 Å². The Labute approximate surface area is 104 Å². The molecule has 92 valence electrons. The second-order valence-corrected chi connectivity index (χ2v) is 4.67. The lowest BCUT2D eigenvalue weighted by molar-refractivity contribution is 0.0559. The number of ether oxygens (including phenoxy) is 1. The number of fused-ring (bicyclic) bond motifs is 1. The van der Waals surface area contributed by atoms with Crippen molar-refractivity contribution in [2.45, 2.75) is 25.4 Å². The molecular weight excluding hydrogens is 210 g/mol. The van der Waals surface area contributed by atoms with Crippen LogP contribution >= 0.6 is 0 Å². The van der Waals surface area contributed by atoms with Crippen LogP contribution < -0.4 is 5.32 Å². The third-order valence-corrected chi connectivity index (χ3v) is 3.23. The number of nitrogens with one attached hydrogen (secondary N) is 1. The highest BCUT2D eigenvalue weighted by Gasteiger charge is 2.20. The molecular formula is C15H21NO. The van der Waals surface area contributed by atoms with Crippen LogP contribution in [0.1, 0.15) is 30.1 Å². The van der Waals surface area contributed by atoms with E-state index in [1.165, 1.54) is 24.0 Å². The molecule has 0 saturated heterocycles. The number of likely N-dealkylation sites (N-methyl/N-ethyl adjacent to an activating group) is 1. The summed E-state index contributed by atoms with van der Waals surface area (Å²) >= 11 is 0. The molecule has 1 aliphatic rings. The van der Waals surface area contributed by atoms with E-state index in [-0.39, 0.29) is 6.10 Å². The third-order valence-electron chi connectivity index (χ3n) is 3.23. The van der Waals surface area contributed by atoms with Gasteiger partial charge in [-0.3, -0.25) is 0 Å². The molecule has 2 heteroatoms. The van der Waals surface area contributed by atoms with Gasteiger partial charge in [0.25, 0.3) is 0 Å². The van der Waals surface area contributed by atoms with Crippen molar-refractivity contribution in [2.75, 3.05) is 20.2 Å². The Balaban J connectivity index is 1.97. The normalized spacial score (nSPS) is 18.8. The van der Waals surface area contributed by atoms with Crippen LogP contribution in [-0.2, 0) is 11.2 Å². The van der Waals surface area contributed by atoms with Crippen molar-refractivity contribution in [3.63, 3.8) is 0 Å². The number of rotatable bonds is 5. The van der Waals surface area contributed by atoms with Crippen LogP contribution in [-0.4, -0.2) is 20.2 Å². The van der Waals surface area contributed by atoms with Crippen LogP contribution in [0.15, 0.2) is 36.4 Å². The van der Waals surface area contributed by atoms with E-state index in [4.69, 9.17) is 4.74 Å². The molecule has 1 aromatic carbocycles. The van der Waals surface area contributed by atoms with Crippen molar-refractivity contribution in [1.29, 1.82) is 0 Å². The average molecular weight is 231 g/mol. The molecule has 0 bridgehead atoms. The standard InChI is InChI=1S/C15H21NO/c1-12(10-16-2)11-17-15-9-5-7-13-6-3-4-8-14(13)15/h3-4,6,8,15-16H,1,5,7,9-11H2,2H3. The Kier molecular flexibility index (Phi) is 4.35. The fourth-order valence-electron chi connectivity index (χ4n) is 2.40. The molecule has 1 N–H and O–H groups in total. The van der Waals surface area contributed by atoms with Gasteiger partial charge in [-0.15, -0.1) is 0 Å². The Morgan fingerprint density at radius 3 is 3.12 bits per heavy atom. The minimum atomic E-state index is 0.258. The molecule has 1 aromatic rings. The van der Waals surface area contributed by atoms with Crippen molar-refractivity contribution in [3.05, 3.63) is 47.5 Å². The molecule has 1 atom stereocenters. The molecule has 2 nitrogen and oxygen atoms in total. The molecule has 0 radical (unpaired) electrons. The summed E-state index contributed by atoms with van der Waals surface area (Å²) in [6, 6.07) is 8.62. The SMILES string of the molecule is C=C(CNC)COC1CCCc2ccccc21. The molecule has 0 spiro atoms. The fraction of sp³-hybridized carbons (Fsp3) is 0.467. The van der Waals surface area contributed by atoms with Crippen LogP contribution in [0.5, 0.6) is 0 Å². The largest absolute Gasteiger partial charge is 0.369 e. The molecule has 0 aromatic heterocycles. The van der Waals surface area contributed by atoms with E-state index in [1.807, 2.05) is 7.05 Å². The molecule has 1 aliphatic carbocycles. The van der Waals surface area contributed by atoms with Gasteiger partial charge in [-0.25, -0.2) is 0 Å². The number of benzene rings is 1. The molecule has 0 fully saturated rings. The first kappa shape index (κ1) is 12.3. The van der Waals surface area contributed by atoms with Gasteiger partial charge in [0.2, 0.25) is 0 Å². The first-order valence-corrected chi connectivity index (χ1v) is 6.32. The average Bonchev–Trinajstić information content (AvgIpc) is 2.36. The zero-order valence-electron chi connectivity index (χ0n) is 10.5. The van der Waals surface area contributed by atoms with Gasteiger partial charge in [-0.2, -0.15) is 0 Å². The summed E-state index contributed by atoms with van der Waals surface area (Å²) in [6.45, 7) is 5.48. The minimum absolute atomic E-state index is 0.258. The lowest BCUT2D eigenvalue weighted by Gasteiger charge is -2.26. The fourth-order valence-corrected chi connectivity index (χ4v) is 2.40. The Morgan fingerprint density at radius 1 is 1.47 bits per heavy atom. The predicted molar refractivity (Wildman–Crippen MR) is 71.1 cm³/mol. The van der Waals surface area contributed by atoms with Gasteiger partial charge >= 0.3 is 0 Å². The maximum absolute atomic E-state index is 5.98. The maximum atomic E-state index is 5.98. The molecule has 2 rings (SSSR count). The van der Waals surface area contributed by atoms with Gasteiger partial charge in [0.05, 0.1) is 12.7 Å². The van der Waals surface area contributed by atoms with E-state index in [9.17, 15) is 0 Å². The van der Waals surface area contributed by atoms with E-state index >= 15 is 0 Å². The van der Waals surface area contributed by atoms with Crippen molar-refractivity contribution in [2.24, 2.45) is 0 Å². The summed E-state index contributed by atoms with van der Waals surface area (Å²) in [5.74, 6) is 0. The van der Waals surface area contributed by atoms with E-state index in [0.717, 1.165) is 18.5 Å². The molecule has 0 amide bonds. The second kappa shape index (κ2) is 5.99. The zero-order valence-corrected chi connectivity index (χ0v) is 10.5. The van der Waals surface area contributed by atoms with E-state index in [1.54, 1.807) is 0 Å².